The van der Waals surface area contributed by atoms with Gasteiger partial charge in [-0.15, -0.1) is 24.0 Å². The number of nitrogens with one attached hydrogen (secondary N) is 2. The zero-order valence-corrected chi connectivity index (χ0v) is 20.0. The number of aliphatic imine (C=N–C) groups is 1. The standard InChI is InChI=1S/C20H38N6.HI/c1-17-8-14-25(15-9-17)12-6-5-10-22-20(21-4)23-11-7-13-26-19(3)16-18(2)24-26;/h16-17H,5-15H2,1-4H3,(H2,21,22,23);1H. The Bertz CT molecular complexity index is 549. The molecule has 0 aliphatic carbocycles. The summed E-state index contributed by atoms with van der Waals surface area (Å²) in [5, 5.41) is 11.3. The number of halogens is 1. The molecule has 156 valence electrons. The number of hydrogen-bond donors (Lipinski definition) is 2. The van der Waals surface area contributed by atoms with Crippen molar-refractivity contribution in [1.82, 2.24) is 25.3 Å². The SMILES string of the molecule is CN=C(NCCCCN1CCC(C)CC1)NCCCn1nc(C)cc1C.I. The van der Waals surface area contributed by atoms with Crippen molar-refractivity contribution in [1.29, 1.82) is 0 Å². The smallest absolute Gasteiger partial charge is 0.190 e. The second-order valence-electron chi connectivity index (χ2n) is 7.66. The van der Waals surface area contributed by atoms with Gasteiger partial charge in [-0.25, -0.2) is 0 Å². The molecule has 6 nitrogen and oxygen atoms in total. The lowest BCUT2D eigenvalue weighted by atomic mass is 9.99. The minimum Gasteiger partial charge on any atom is -0.356 e. The number of nitrogens with zero attached hydrogens (tertiary/aromatic N) is 4. The molecule has 0 amide bonds. The predicted molar refractivity (Wildman–Crippen MR) is 125 cm³/mol. The average Bonchev–Trinajstić information content (AvgIpc) is 2.95. The van der Waals surface area contributed by atoms with E-state index < -0.39 is 0 Å². The lowest BCUT2D eigenvalue weighted by molar-refractivity contribution is 0.189. The summed E-state index contributed by atoms with van der Waals surface area (Å²) >= 11 is 0. The Morgan fingerprint density at radius 1 is 1.11 bits per heavy atom. The first-order valence-corrected chi connectivity index (χ1v) is 10.3. The molecule has 27 heavy (non-hydrogen) atoms. The highest BCUT2D eigenvalue weighted by Gasteiger charge is 2.14. The molecule has 0 spiro atoms. The number of rotatable bonds is 9. The number of piperidine rings is 1. The van der Waals surface area contributed by atoms with Crippen LogP contribution in [-0.2, 0) is 6.54 Å². The van der Waals surface area contributed by atoms with Gasteiger partial charge >= 0.3 is 0 Å². The zero-order valence-electron chi connectivity index (χ0n) is 17.6. The Kier molecular flexibility index (Phi) is 12.0. The summed E-state index contributed by atoms with van der Waals surface area (Å²) in [5.74, 6) is 1.83. The first-order chi connectivity index (χ1) is 12.6. The summed E-state index contributed by atoms with van der Waals surface area (Å²) in [4.78, 5) is 6.93. The molecule has 0 atom stereocenters. The zero-order chi connectivity index (χ0) is 18.8. The third-order valence-corrected chi connectivity index (χ3v) is 5.24. The van der Waals surface area contributed by atoms with E-state index in [0.29, 0.717) is 0 Å². The lowest BCUT2D eigenvalue weighted by Gasteiger charge is -2.30. The molecule has 1 aromatic rings. The molecule has 1 saturated heterocycles. The number of aromatic nitrogens is 2. The van der Waals surface area contributed by atoms with Crippen molar-refractivity contribution >= 4 is 29.9 Å². The molecule has 1 aromatic heterocycles. The van der Waals surface area contributed by atoms with Crippen LogP contribution in [0.5, 0.6) is 0 Å². The van der Waals surface area contributed by atoms with Gasteiger partial charge in [0.1, 0.15) is 0 Å². The summed E-state index contributed by atoms with van der Waals surface area (Å²) in [7, 11) is 1.84. The lowest BCUT2D eigenvalue weighted by Crippen LogP contribution is -2.39. The van der Waals surface area contributed by atoms with Crippen molar-refractivity contribution in [2.45, 2.75) is 59.4 Å². The van der Waals surface area contributed by atoms with E-state index in [1.54, 1.807) is 0 Å². The van der Waals surface area contributed by atoms with Gasteiger partial charge in [-0.3, -0.25) is 9.67 Å². The van der Waals surface area contributed by atoms with E-state index in [4.69, 9.17) is 0 Å². The molecule has 2 N–H and O–H groups in total. The fourth-order valence-corrected chi connectivity index (χ4v) is 3.51. The van der Waals surface area contributed by atoms with Gasteiger partial charge in [-0.2, -0.15) is 5.10 Å². The molecule has 0 radical (unpaired) electrons. The number of aryl methyl sites for hydroxylation is 3. The van der Waals surface area contributed by atoms with E-state index in [1.807, 2.05) is 14.0 Å². The highest BCUT2D eigenvalue weighted by molar-refractivity contribution is 14.0. The van der Waals surface area contributed by atoms with E-state index in [2.05, 4.69) is 50.2 Å². The number of likely N-dealkylation sites (tertiary alicyclic amines) is 1. The van der Waals surface area contributed by atoms with Crippen molar-refractivity contribution in [3.05, 3.63) is 17.5 Å². The van der Waals surface area contributed by atoms with Crippen molar-refractivity contribution < 1.29 is 0 Å². The molecular weight excluding hydrogens is 451 g/mol. The van der Waals surface area contributed by atoms with Crippen LogP contribution in [0.3, 0.4) is 0 Å². The van der Waals surface area contributed by atoms with Crippen LogP contribution in [0.4, 0.5) is 0 Å². The fraction of sp³-hybridized carbons (Fsp3) is 0.800. The first-order valence-electron chi connectivity index (χ1n) is 10.3. The third-order valence-electron chi connectivity index (χ3n) is 5.24. The van der Waals surface area contributed by atoms with E-state index in [0.717, 1.165) is 43.6 Å². The minimum absolute atomic E-state index is 0. The molecule has 2 rings (SSSR count). The Morgan fingerprint density at radius 2 is 1.78 bits per heavy atom. The van der Waals surface area contributed by atoms with Gasteiger partial charge in [0.25, 0.3) is 0 Å². The molecule has 1 aliphatic rings. The molecule has 0 saturated carbocycles. The van der Waals surface area contributed by atoms with Gasteiger partial charge in [-0.1, -0.05) is 6.92 Å². The van der Waals surface area contributed by atoms with E-state index in [9.17, 15) is 0 Å². The monoisotopic (exact) mass is 490 g/mol. The maximum absolute atomic E-state index is 4.50. The van der Waals surface area contributed by atoms with Gasteiger partial charge < -0.3 is 15.5 Å². The summed E-state index contributed by atoms with van der Waals surface area (Å²) in [6.45, 7) is 13.2. The predicted octanol–water partition coefficient (Wildman–Crippen LogP) is 3.19. The van der Waals surface area contributed by atoms with E-state index in [1.165, 1.54) is 51.0 Å². The van der Waals surface area contributed by atoms with E-state index >= 15 is 0 Å². The van der Waals surface area contributed by atoms with Gasteiger partial charge in [-0.05, 0) is 77.6 Å². The summed E-state index contributed by atoms with van der Waals surface area (Å²) in [5.41, 5.74) is 2.32. The Morgan fingerprint density at radius 3 is 2.37 bits per heavy atom. The Balaban J connectivity index is 0.00000364. The topological polar surface area (TPSA) is 57.5 Å². The normalized spacial score (nSPS) is 16.2. The van der Waals surface area contributed by atoms with Gasteiger partial charge in [0.15, 0.2) is 5.96 Å². The number of hydrogen-bond acceptors (Lipinski definition) is 3. The van der Waals surface area contributed by atoms with Crippen LogP contribution in [0.2, 0.25) is 0 Å². The maximum Gasteiger partial charge on any atom is 0.190 e. The van der Waals surface area contributed by atoms with Gasteiger partial charge in [0.05, 0.1) is 5.69 Å². The van der Waals surface area contributed by atoms with Crippen molar-refractivity contribution in [2.75, 3.05) is 39.8 Å². The summed E-state index contributed by atoms with van der Waals surface area (Å²) in [6.07, 6.45) is 6.23. The van der Waals surface area contributed by atoms with Gasteiger partial charge in [0, 0.05) is 32.4 Å². The molecule has 1 aliphatic heterocycles. The van der Waals surface area contributed by atoms with E-state index in [-0.39, 0.29) is 24.0 Å². The first kappa shape index (κ1) is 24.2. The number of unbranched alkanes of at least 4 members (excludes halogenated alkanes) is 1. The van der Waals surface area contributed by atoms with Crippen LogP contribution in [-0.4, -0.2) is 60.4 Å². The number of guanidine groups is 1. The van der Waals surface area contributed by atoms with Crippen LogP contribution in [0.1, 0.15) is 50.4 Å². The average molecular weight is 490 g/mol. The maximum atomic E-state index is 4.50. The molecule has 2 heterocycles. The second-order valence-corrected chi connectivity index (χ2v) is 7.66. The Labute approximate surface area is 182 Å². The molecule has 1 fully saturated rings. The minimum atomic E-state index is 0. The molecule has 0 aromatic carbocycles. The van der Waals surface area contributed by atoms with Crippen molar-refractivity contribution in [3.63, 3.8) is 0 Å². The van der Waals surface area contributed by atoms with Crippen LogP contribution in [0, 0.1) is 19.8 Å². The quantitative estimate of drug-likeness (QED) is 0.242. The van der Waals surface area contributed by atoms with Crippen LogP contribution in [0.25, 0.3) is 0 Å². The van der Waals surface area contributed by atoms with Crippen LogP contribution < -0.4 is 10.6 Å². The molecular formula is C20H39IN6. The van der Waals surface area contributed by atoms with Crippen molar-refractivity contribution in [3.8, 4) is 0 Å². The van der Waals surface area contributed by atoms with Crippen molar-refractivity contribution in [2.24, 2.45) is 10.9 Å². The second kappa shape index (κ2) is 13.4. The Hall–Kier alpha value is -0.830. The molecule has 0 bridgehead atoms. The van der Waals surface area contributed by atoms with Crippen LogP contribution >= 0.6 is 24.0 Å². The highest BCUT2D eigenvalue weighted by Crippen LogP contribution is 2.16. The highest BCUT2D eigenvalue weighted by atomic mass is 127. The van der Waals surface area contributed by atoms with Gasteiger partial charge in [0.2, 0.25) is 0 Å². The summed E-state index contributed by atoms with van der Waals surface area (Å²) in [6, 6.07) is 2.12. The van der Waals surface area contributed by atoms with Crippen LogP contribution in [0.15, 0.2) is 11.1 Å². The fourth-order valence-electron chi connectivity index (χ4n) is 3.51. The third kappa shape index (κ3) is 9.27. The molecule has 0 unspecified atom stereocenters. The molecule has 7 heteroatoms. The largest absolute Gasteiger partial charge is 0.356 e. The summed E-state index contributed by atoms with van der Waals surface area (Å²) < 4.78 is 2.08.